The zero-order valence-corrected chi connectivity index (χ0v) is 13.1. The Balaban J connectivity index is 1.95. The highest BCUT2D eigenvalue weighted by atomic mass is 32.2. The normalized spacial score (nSPS) is 11.0. The second kappa shape index (κ2) is 6.41. The average Bonchev–Trinajstić information content (AvgIpc) is 2.96. The molecule has 0 unspecified atom stereocenters. The van der Waals surface area contributed by atoms with Gasteiger partial charge in [-0.15, -0.1) is 11.3 Å². The summed E-state index contributed by atoms with van der Waals surface area (Å²) in [7, 11) is 0. The van der Waals surface area contributed by atoms with Crippen LogP contribution in [0.2, 0.25) is 0 Å². The zero-order chi connectivity index (χ0) is 14.7. The van der Waals surface area contributed by atoms with Gasteiger partial charge in [-0.25, -0.2) is 14.4 Å². The summed E-state index contributed by atoms with van der Waals surface area (Å²) in [5.74, 6) is 0.421. The van der Waals surface area contributed by atoms with Gasteiger partial charge in [0.2, 0.25) is 5.95 Å². The van der Waals surface area contributed by atoms with Crippen LogP contribution < -0.4 is 5.32 Å². The molecule has 0 bridgehead atoms. The van der Waals surface area contributed by atoms with Crippen LogP contribution in [0.25, 0.3) is 10.2 Å². The van der Waals surface area contributed by atoms with Crippen LogP contribution in [0.1, 0.15) is 13.3 Å². The van der Waals surface area contributed by atoms with E-state index in [0.717, 1.165) is 33.1 Å². The molecule has 2 heterocycles. The predicted octanol–water partition coefficient (Wildman–Crippen LogP) is 4.80. The molecular formula is C15H14FN3S2. The van der Waals surface area contributed by atoms with Gasteiger partial charge in [0.05, 0.1) is 0 Å². The quantitative estimate of drug-likeness (QED) is 0.685. The lowest BCUT2D eigenvalue weighted by Crippen LogP contribution is -2.04. The van der Waals surface area contributed by atoms with Gasteiger partial charge in [0.25, 0.3) is 0 Å². The van der Waals surface area contributed by atoms with Gasteiger partial charge < -0.3 is 5.32 Å². The number of rotatable bonds is 5. The smallest absolute Gasteiger partial charge is 0.225 e. The summed E-state index contributed by atoms with van der Waals surface area (Å²) >= 11 is 3.12. The Morgan fingerprint density at radius 2 is 2.00 bits per heavy atom. The van der Waals surface area contributed by atoms with Crippen molar-refractivity contribution in [2.75, 3.05) is 11.9 Å². The van der Waals surface area contributed by atoms with Crippen molar-refractivity contribution >= 4 is 39.3 Å². The highest BCUT2D eigenvalue weighted by Gasteiger charge is 2.10. The molecule has 6 heteroatoms. The fraction of sp³-hybridized carbons (Fsp3) is 0.200. The molecule has 0 aliphatic rings. The van der Waals surface area contributed by atoms with E-state index in [1.54, 1.807) is 23.5 Å². The third kappa shape index (κ3) is 3.33. The molecule has 0 radical (unpaired) electrons. The third-order valence-electron chi connectivity index (χ3n) is 2.85. The molecule has 1 N–H and O–H groups in total. The van der Waals surface area contributed by atoms with Crippen LogP contribution in [-0.2, 0) is 0 Å². The van der Waals surface area contributed by atoms with Crippen LogP contribution in [-0.4, -0.2) is 16.5 Å². The summed E-state index contributed by atoms with van der Waals surface area (Å²) in [5.41, 5.74) is 0. The summed E-state index contributed by atoms with van der Waals surface area (Å²) in [6.07, 6.45) is 1.02. The number of benzene rings is 1. The molecule has 0 spiro atoms. The van der Waals surface area contributed by atoms with Crippen LogP contribution in [0.4, 0.5) is 10.3 Å². The molecule has 0 aliphatic heterocycles. The van der Waals surface area contributed by atoms with Gasteiger partial charge in [0.15, 0.2) is 0 Å². The summed E-state index contributed by atoms with van der Waals surface area (Å²) in [6, 6.07) is 8.48. The molecule has 0 fully saturated rings. The van der Waals surface area contributed by atoms with Gasteiger partial charge in [0, 0.05) is 16.8 Å². The maximum atomic E-state index is 13.0. The lowest BCUT2D eigenvalue weighted by Gasteiger charge is -2.07. The molecule has 21 heavy (non-hydrogen) atoms. The van der Waals surface area contributed by atoms with Crippen LogP contribution in [0.3, 0.4) is 0 Å². The standard InChI is InChI=1S/C15H14FN3S2/c1-2-8-17-15-18-13-12(7-9-20-13)14(19-15)21-11-5-3-10(16)4-6-11/h3-7,9H,2,8H2,1H3,(H,17,18,19). The molecule has 2 aromatic heterocycles. The van der Waals surface area contributed by atoms with E-state index < -0.39 is 0 Å². The van der Waals surface area contributed by atoms with Crippen molar-refractivity contribution in [1.29, 1.82) is 0 Å². The van der Waals surface area contributed by atoms with E-state index in [1.807, 2.05) is 11.4 Å². The van der Waals surface area contributed by atoms with E-state index in [1.165, 1.54) is 23.9 Å². The monoisotopic (exact) mass is 319 g/mol. The average molecular weight is 319 g/mol. The molecule has 0 saturated heterocycles. The number of halogens is 1. The van der Waals surface area contributed by atoms with Crippen LogP contribution in [0, 0.1) is 5.82 Å². The molecular weight excluding hydrogens is 305 g/mol. The first-order valence-corrected chi connectivity index (χ1v) is 8.38. The summed E-state index contributed by atoms with van der Waals surface area (Å²) in [5, 5.41) is 7.17. The minimum absolute atomic E-state index is 0.229. The third-order valence-corrected chi connectivity index (χ3v) is 4.67. The molecule has 0 atom stereocenters. The van der Waals surface area contributed by atoms with Crippen LogP contribution >= 0.6 is 23.1 Å². The Hall–Kier alpha value is -1.66. The number of aromatic nitrogens is 2. The highest BCUT2D eigenvalue weighted by Crippen LogP contribution is 2.34. The van der Waals surface area contributed by atoms with Crippen molar-refractivity contribution in [3.8, 4) is 0 Å². The van der Waals surface area contributed by atoms with E-state index in [2.05, 4.69) is 22.2 Å². The highest BCUT2D eigenvalue weighted by molar-refractivity contribution is 7.99. The van der Waals surface area contributed by atoms with Crippen molar-refractivity contribution in [1.82, 2.24) is 9.97 Å². The number of thiophene rings is 1. The van der Waals surface area contributed by atoms with Gasteiger partial charge in [0.1, 0.15) is 15.7 Å². The fourth-order valence-corrected chi connectivity index (χ4v) is 3.57. The second-order valence-electron chi connectivity index (χ2n) is 4.47. The summed E-state index contributed by atoms with van der Waals surface area (Å²) < 4.78 is 13.0. The molecule has 108 valence electrons. The van der Waals surface area contributed by atoms with Gasteiger partial charge in [-0.2, -0.15) is 0 Å². The van der Waals surface area contributed by atoms with Crippen molar-refractivity contribution < 1.29 is 4.39 Å². The van der Waals surface area contributed by atoms with Crippen molar-refractivity contribution in [3.63, 3.8) is 0 Å². The second-order valence-corrected chi connectivity index (χ2v) is 6.43. The van der Waals surface area contributed by atoms with Gasteiger partial charge in [-0.05, 0) is 42.1 Å². The van der Waals surface area contributed by atoms with E-state index in [0.29, 0.717) is 5.95 Å². The Morgan fingerprint density at radius 3 is 2.76 bits per heavy atom. The molecule has 3 nitrogen and oxygen atoms in total. The molecule has 3 aromatic rings. The van der Waals surface area contributed by atoms with Gasteiger partial charge in [-0.3, -0.25) is 0 Å². The van der Waals surface area contributed by atoms with E-state index in [-0.39, 0.29) is 5.82 Å². The maximum absolute atomic E-state index is 13.0. The Morgan fingerprint density at radius 1 is 1.19 bits per heavy atom. The van der Waals surface area contributed by atoms with Crippen molar-refractivity contribution in [2.45, 2.75) is 23.3 Å². The number of nitrogens with one attached hydrogen (secondary N) is 1. The summed E-state index contributed by atoms with van der Waals surface area (Å²) in [6.45, 7) is 2.95. The first kappa shape index (κ1) is 14.3. The first-order chi connectivity index (χ1) is 10.3. The van der Waals surface area contributed by atoms with Crippen LogP contribution in [0.5, 0.6) is 0 Å². The van der Waals surface area contributed by atoms with Crippen molar-refractivity contribution in [2.24, 2.45) is 0 Å². The Kier molecular flexibility index (Phi) is 4.36. The molecule has 1 aromatic carbocycles. The van der Waals surface area contributed by atoms with E-state index in [9.17, 15) is 4.39 Å². The van der Waals surface area contributed by atoms with Crippen LogP contribution in [0.15, 0.2) is 45.6 Å². The van der Waals surface area contributed by atoms with Gasteiger partial charge in [-0.1, -0.05) is 18.7 Å². The summed E-state index contributed by atoms with van der Waals surface area (Å²) in [4.78, 5) is 11.0. The molecule has 3 rings (SSSR count). The molecule has 0 saturated carbocycles. The zero-order valence-electron chi connectivity index (χ0n) is 11.5. The lowest BCUT2D eigenvalue weighted by molar-refractivity contribution is 0.626. The predicted molar refractivity (Wildman–Crippen MR) is 86.7 cm³/mol. The number of hydrogen-bond donors (Lipinski definition) is 1. The minimum atomic E-state index is -0.229. The van der Waals surface area contributed by atoms with E-state index in [4.69, 9.17) is 0 Å². The number of hydrogen-bond acceptors (Lipinski definition) is 5. The maximum Gasteiger partial charge on any atom is 0.225 e. The number of nitrogens with zero attached hydrogens (tertiary/aromatic N) is 2. The number of fused-ring (bicyclic) bond motifs is 1. The SMILES string of the molecule is CCCNc1nc(Sc2ccc(F)cc2)c2ccsc2n1. The molecule has 0 amide bonds. The Labute approximate surface area is 130 Å². The fourth-order valence-electron chi connectivity index (χ4n) is 1.84. The Bertz CT molecular complexity index is 740. The molecule has 0 aliphatic carbocycles. The number of anilines is 1. The lowest BCUT2D eigenvalue weighted by atomic mass is 10.4. The minimum Gasteiger partial charge on any atom is -0.354 e. The van der Waals surface area contributed by atoms with E-state index >= 15 is 0 Å². The first-order valence-electron chi connectivity index (χ1n) is 6.69. The largest absolute Gasteiger partial charge is 0.354 e. The van der Waals surface area contributed by atoms with Crippen molar-refractivity contribution in [3.05, 3.63) is 41.5 Å². The van der Waals surface area contributed by atoms with Gasteiger partial charge >= 0.3 is 0 Å². The topological polar surface area (TPSA) is 37.8 Å².